The third-order valence-corrected chi connectivity index (χ3v) is 3.16. The van der Waals surface area contributed by atoms with Crippen molar-refractivity contribution in [2.75, 3.05) is 19.5 Å². The van der Waals surface area contributed by atoms with Crippen molar-refractivity contribution >= 4 is 17.7 Å². The Hall–Kier alpha value is -1.00. The average Bonchev–Trinajstić information content (AvgIpc) is 2.32. The molecule has 0 saturated carbocycles. The van der Waals surface area contributed by atoms with E-state index in [1.165, 1.54) is 7.11 Å². The van der Waals surface area contributed by atoms with E-state index < -0.39 is 11.9 Å². The molecule has 4 heteroatoms. The van der Waals surface area contributed by atoms with Gasteiger partial charge in [-0.25, -0.2) is 0 Å². The van der Waals surface area contributed by atoms with Gasteiger partial charge in [-0.05, 0) is 23.4 Å². The fourth-order valence-electron chi connectivity index (χ4n) is 1.42. The van der Waals surface area contributed by atoms with Gasteiger partial charge in [-0.15, -0.1) is 11.8 Å². The van der Waals surface area contributed by atoms with E-state index in [1.54, 1.807) is 11.8 Å². The van der Waals surface area contributed by atoms with Crippen LogP contribution in [0.5, 0.6) is 0 Å². The molecule has 0 aliphatic rings. The van der Waals surface area contributed by atoms with Crippen molar-refractivity contribution in [3.63, 3.8) is 0 Å². The Labute approximate surface area is 99.8 Å². The first-order valence-electron chi connectivity index (χ1n) is 5.14. The van der Waals surface area contributed by atoms with E-state index in [2.05, 4.69) is 11.7 Å². The zero-order valence-electron chi connectivity index (χ0n) is 9.47. The molecule has 88 valence electrons. The van der Waals surface area contributed by atoms with Crippen molar-refractivity contribution < 1.29 is 14.6 Å². The Balaban J connectivity index is 2.82. The van der Waals surface area contributed by atoms with Gasteiger partial charge in [0, 0.05) is 4.90 Å². The van der Waals surface area contributed by atoms with Gasteiger partial charge in [-0.1, -0.05) is 19.1 Å². The van der Waals surface area contributed by atoms with Crippen molar-refractivity contribution in [1.29, 1.82) is 0 Å². The number of aliphatic hydroxyl groups excluding tert-OH is 1. The second-order valence-electron chi connectivity index (χ2n) is 3.26. The summed E-state index contributed by atoms with van der Waals surface area (Å²) in [4.78, 5) is 12.5. The highest BCUT2D eigenvalue weighted by atomic mass is 32.2. The Morgan fingerprint density at radius 1 is 1.44 bits per heavy atom. The molecule has 0 aliphatic carbocycles. The predicted molar refractivity (Wildman–Crippen MR) is 64.7 cm³/mol. The quantitative estimate of drug-likeness (QED) is 0.632. The molecule has 1 atom stereocenters. The summed E-state index contributed by atoms with van der Waals surface area (Å²) >= 11 is 1.74. The number of carbonyl (C=O) groups excluding carboxylic acids is 1. The number of hydrogen-bond donors (Lipinski definition) is 1. The Morgan fingerprint density at radius 2 is 2.06 bits per heavy atom. The summed E-state index contributed by atoms with van der Waals surface area (Å²) in [6.07, 6.45) is 0. The van der Waals surface area contributed by atoms with E-state index in [4.69, 9.17) is 5.11 Å². The first-order valence-corrected chi connectivity index (χ1v) is 6.13. The second kappa shape index (κ2) is 6.55. The summed E-state index contributed by atoms with van der Waals surface area (Å²) in [5.41, 5.74) is 0.787. The van der Waals surface area contributed by atoms with Crippen molar-refractivity contribution in [3.05, 3.63) is 29.8 Å². The summed E-state index contributed by atoms with van der Waals surface area (Å²) in [5, 5.41) is 9.15. The highest BCUT2D eigenvalue weighted by molar-refractivity contribution is 7.99. The molecule has 0 saturated heterocycles. The molecule has 0 fully saturated rings. The van der Waals surface area contributed by atoms with Crippen LogP contribution < -0.4 is 0 Å². The maximum atomic E-state index is 11.4. The lowest BCUT2D eigenvalue weighted by Gasteiger charge is -2.12. The van der Waals surface area contributed by atoms with Crippen LogP contribution >= 0.6 is 11.8 Å². The molecule has 1 N–H and O–H groups in total. The van der Waals surface area contributed by atoms with Crippen LogP contribution in [0.15, 0.2) is 29.2 Å². The van der Waals surface area contributed by atoms with Crippen LogP contribution in [-0.2, 0) is 9.53 Å². The van der Waals surface area contributed by atoms with Gasteiger partial charge in [-0.2, -0.15) is 0 Å². The van der Waals surface area contributed by atoms with E-state index in [0.29, 0.717) is 0 Å². The second-order valence-corrected chi connectivity index (χ2v) is 4.60. The van der Waals surface area contributed by atoms with Gasteiger partial charge >= 0.3 is 5.97 Å². The van der Waals surface area contributed by atoms with E-state index in [1.807, 2.05) is 24.3 Å². The summed E-state index contributed by atoms with van der Waals surface area (Å²) < 4.78 is 4.63. The topological polar surface area (TPSA) is 46.5 Å². The minimum absolute atomic E-state index is 0.229. The van der Waals surface area contributed by atoms with E-state index >= 15 is 0 Å². The normalized spacial score (nSPS) is 12.2. The van der Waals surface area contributed by atoms with Crippen LogP contribution in [0.2, 0.25) is 0 Å². The number of benzene rings is 1. The lowest BCUT2D eigenvalue weighted by Crippen LogP contribution is -2.17. The van der Waals surface area contributed by atoms with E-state index in [0.717, 1.165) is 16.2 Å². The molecule has 0 heterocycles. The minimum Gasteiger partial charge on any atom is -0.468 e. The maximum Gasteiger partial charge on any atom is 0.315 e. The minimum atomic E-state index is -0.578. The predicted octanol–water partition coefficient (Wildman–Crippen LogP) is 2.05. The fourth-order valence-corrected chi connectivity index (χ4v) is 2.08. The van der Waals surface area contributed by atoms with Crippen LogP contribution in [0.4, 0.5) is 0 Å². The summed E-state index contributed by atoms with van der Waals surface area (Å²) in [6.45, 7) is 1.86. The van der Waals surface area contributed by atoms with E-state index in [9.17, 15) is 4.79 Å². The lowest BCUT2D eigenvalue weighted by atomic mass is 10.0. The van der Waals surface area contributed by atoms with Crippen LogP contribution in [0, 0.1) is 0 Å². The number of carbonyl (C=O) groups is 1. The first-order chi connectivity index (χ1) is 7.72. The number of ether oxygens (including phenoxy) is 1. The number of rotatable bonds is 5. The zero-order chi connectivity index (χ0) is 12.0. The first kappa shape index (κ1) is 13.1. The molecule has 0 aromatic heterocycles. The summed E-state index contributed by atoms with van der Waals surface area (Å²) in [5.74, 6) is 0.0313. The molecule has 0 amide bonds. The standard InChI is InChI=1S/C12H16O3S/c1-3-16-10-6-4-9(5-7-10)11(8-13)12(14)15-2/h4-7,11,13H,3,8H2,1-2H3. The maximum absolute atomic E-state index is 11.4. The van der Waals surface area contributed by atoms with Crippen LogP contribution in [0.25, 0.3) is 0 Å². The smallest absolute Gasteiger partial charge is 0.315 e. The molecule has 1 rings (SSSR count). The molecular formula is C12H16O3S. The highest BCUT2D eigenvalue weighted by Crippen LogP contribution is 2.22. The van der Waals surface area contributed by atoms with Gasteiger partial charge in [0.15, 0.2) is 0 Å². The van der Waals surface area contributed by atoms with Crippen molar-refractivity contribution in [2.24, 2.45) is 0 Å². The molecule has 1 aromatic carbocycles. The Morgan fingerprint density at radius 3 is 2.50 bits per heavy atom. The number of aliphatic hydroxyl groups is 1. The SMILES string of the molecule is CCSc1ccc(C(CO)C(=O)OC)cc1. The zero-order valence-corrected chi connectivity index (χ0v) is 10.3. The molecule has 0 spiro atoms. The molecule has 0 radical (unpaired) electrons. The fraction of sp³-hybridized carbons (Fsp3) is 0.417. The van der Waals surface area contributed by atoms with Crippen molar-refractivity contribution in [2.45, 2.75) is 17.7 Å². The molecular weight excluding hydrogens is 224 g/mol. The lowest BCUT2D eigenvalue weighted by molar-refractivity contribution is -0.143. The van der Waals surface area contributed by atoms with Gasteiger partial charge in [-0.3, -0.25) is 4.79 Å². The number of methoxy groups -OCH3 is 1. The molecule has 3 nitrogen and oxygen atoms in total. The third-order valence-electron chi connectivity index (χ3n) is 2.26. The molecule has 0 bridgehead atoms. The van der Waals surface area contributed by atoms with Gasteiger partial charge < -0.3 is 9.84 Å². The van der Waals surface area contributed by atoms with Gasteiger partial charge in [0.2, 0.25) is 0 Å². The van der Waals surface area contributed by atoms with Crippen LogP contribution in [0.1, 0.15) is 18.4 Å². The molecule has 0 aliphatic heterocycles. The molecule has 16 heavy (non-hydrogen) atoms. The van der Waals surface area contributed by atoms with Crippen molar-refractivity contribution in [3.8, 4) is 0 Å². The van der Waals surface area contributed by atoms with Gasteiger partial charge in [0.1, 0.15) is 5.92 Å². The molecule has 1 aromatic rings. The monoisotopic (exact) mass is 240 g/mol. The van der Waals surface area contributed by atoms with Crippen LogP contribution in [-0.4, -0.2) is 30.5 Å². The Bertz CT molecular complexity index is 335. The van der Waals surface area contributed by atoms with Crippen LogP contribution in [0.3, 0.4) is 0 Å². The third kappa shape index (κ3) is 3.25. The molecule has 1 unspecified atom stereocenters. The Kier molecular flexibility index (Phi) is 5.35. The largest absolute Gasteiger partial charge is 0.468 e. The van der Waals surface area contributed by atoms with Gasteiger partial charge in [0.05, 0.1) is 13.7 Å². The summed E-state index contributed by atoms with van der Waals surface area (Å²) in [6, 6.07) is 7.62. The number of thioether (sulfide) groups is 1. The average molecular weight is 240 g/mol. The van der Waals surface area contributed by atoms with Crippen molar-refractivity contribution in [1.82, 2.24) is 0 Å². The van der Waals surface area contributed by atoms with E-state index in [-0.39, 0.29) is 6.61 Å². The number of esters is 1. The number of hydrogen-bond acceptors (Lipinski definition) is 4. The highest BCUT2D eigenvalue weighted by Gasteiger charge is 2.19. The summed E-state index contributed by atoms with van der Waals surface area (Å²) in [7, 11) is 1.33. The van der Waals surface area contributed by atoms with Gasteiger partial charge in [0.25, 0.3) is 0 Å².